The summed E-state index contributed by atoms with van der Waals surface area (Å²) in [4.78, 5) is 25.3. The number of esters is 2. The molecule has 0 aliphatic carbocycles. The number of unbranched alkanes of at least 4 members (excludes halogenated alkanes) is 31. The molecular formula is C63H112O5. The molecule has 0 saturated carbocycles. The van der Waals surface area contributed by atoms with E-state index >= 15 is 0 Å². The molecule has 0 fully saturated rings. The SMILES string of the molecule is CCCCC/C=C\C/C=C\C/C=C\C/C=C\CCCC(=O)OC[C@@H](COC(=O)CCCCCCCCCCC/C=C\C/C=C\CCCCC)OCCCCCCCCCCCCCCCCCC. The van der Waals surface area contributed by atoms with Crippen LogP contribution in [0, 0.1) is 0 Å². The van der Waals surface area contributed by atoms with Crippen LogP contribution in [0.5, 0.6) is 0 Å². The first-order valence-corrected chi connectivity index (χ1v) is 29.5. The summed E-state index contributed by atoms with van der Waals surface area (Å²) in [6.45, 7) is 7.65. The van der Waals surface area contributed by atoms with Crippen molar-refractivity contribution in [1.29, 1.82) is 0 Å². The van der Waals surface area contributed by atoms with Crippen LogP contribution in [0.2, 0.25) is 0 Å². The van der Waals surface area contributed by atoms with Crippen LogP contribution in [0.15, 0.2) is 72.9 Å². The number of carbonyl (C=O) groups is 2. The molecule has 0 aliphatic heterocycles. The highest BCUT2D eigenvalue weighted by molar-refractivity contribution is 5.69. The maximum Gasteiger partial charge on any atom is 0.305 e. The van der Waals surface area contributed by atoms with Crippen molar-refractivity contribution in [2.45, 2.75) is 297 Å². The van der Waals surface area contributed by atoms with Crippen molar-refractivity contribution in [2.24, 2.45) is 0 Å². The van der Waals surface area contributed by atoms with Gasteiger partial charge in [0.15, 0.2) is 0 Å². The summed E-state index contributed by atoms with van der Waals surface area (Å²) < 4.78 is 17.5. The molecule has 0 unspecified atom stereocenters. The van der Waals surface area contributed by atoms with Crippen molar-refractivity contribution >= 4 is 11.9 Å². The molecule has 0 heterocycles. The molecular weight excluding hydrogens is 837 g/mol. The third kappa shape index (κ3) is 55.9. The second-order valence-electron chi connectivity index (χ2n) is 19.5. The average molecular weight is 950 g/mol. The fourth-order valence-electron chi connectivity index (χ4n) is 8.27. The van der Waals surface area contributed by atoms with Crippen LogP contribution in [-0.4, -0.2) is 37.9 Å². The molecule has 0 N–H and O–H groups in total. The summed E-state index contributed by atoms with van der Waals surface area (Å²) in [5.74, 6) is -0.393. The third-order valence-corrected chi connectivity index (χ3v) is 12.8. The van der Waals surface area contributed by atoms with E-state index in [0.717, 1.165) is 64.2 Å². The number of hydrogen-bond donors (Lipinski definition) is 0. The van der Waals surface area contributed by atoms with E-state index in [4.69, 9.17) is 14.2 Å². The van der Waals surface area contributed by atoms with Gasteiger partial charge in [0.05, 0.1) is 0 Å². The van der Waals surface area contributed by atoms with E-state index in [1.165, 1.54) is 193 Å². The summed E-state index contributed by atoms with van der Waals surface area (Å²) in [6.07, 6.45) is 76.6. The quantitative estimate of drug-likeness (QED) is 0.0345. The summed E-state index contributed by atoms with van der Waals surface area (Å²) in [5.41, 5.74) is 0. The monoisotopic (exact) mass is 949 g/mol. The van der Waals surface area contributed by atoms with E-state index in [1.54, 1.807) is 0 Å². The van der Waals surface area contributed by atoms with E-state index in [-0.39, 0.29) is 25.2 Å². The Kier molecular flexibility index (Phi) is 56.4. The van der Waals surface area contributed by atoms with Gasteiger partial charge >= 0.3 is 11.9 Å². The maximum atomic E-state index is 12.7. The Morgan fingerprint density at radius 1 is 0.309 bits per heavy atom. The third-order valence-electron chi connectivity index (χ3n) is 12.8. The summed E-state index contributed by atoms with van der Waals surface area (Å²) in [5, 5.41) is 0. The molecule has 0 rings (SSSR count). The molecule has 0 aromatic rings. The zero-order valence-electron chi connectivity index (χ0n) is 45.4. The molecule has 0 aromatic carbocycles. The van der Waals surface area contributed by atoms with E-state index in [9.17, 15) is 9.59 Å². The Labute approximate surface area is 423 Å². The van der Waals surface area contributed by atoms with Gasteiger partial charge in [-0.2, -0.15) is 0 Å². The molecule has 0 radical (unpaired) electrons. The smallest absolute Gasteiger partial charge is 0.305 e. The van der Waals surface area contributed by atoms with Crippen LogP contribution in [0.3, 0.4) is 0 Å². The van der Waals surface area contributed by atoms with Gasteiger partial charge in [-0.05, 0) is 89.9 Å². The first-order valence-electron chi connectivity index (χ1n) is 29.5. The Morgan fingerprint density at radius 3 is 0.956 bits per heavy atom. The molecule has 5 heteroatoms. The minimum Gasteiger partial charge on any atom is -0.463 e. The van der Waals surface area contributed by atoms with Crippen molar-refractivity contribution in [1.82, 2.24) is 0 Å². The van der Waals surface area contributed by atoms with Crippen LogP contribution in [0.25, 0.3) is 0 Å². The molecule has 1 atom stereocenters. The van der Waals surface area contributed by atoms with Crippen molar-refractivity contribution in [3.05, 3.63) is 72.9 Å². The van der Waals surface area contributed by atoms with Gasteiger partial charge in [-0.1, -0.05) is 261 Å². The van der Waals surface area contributed by atoms with Crippen molar-refractivity contribution in [3.8, 4) is 0 Å². The topological polar surface area (TPSA) is 61.8 Å². The first-order chi connectivity index (χ1) is 33.6. The van der Waals surface area contributed by atoms with Crippen molar-refractivity contribution < 1.29 is 23.8 Å². The lowest BCUT2D eigenvalue weighted by Crippen LogP contribution is -2.29. The molecule has 68 heavy (non-hydrogen) atoms. The van der Waals surface area contributed by atoms with Gasteiger partial charge in [-0.15, -0.1) is 0 Å². The van der Waals surface area contributed by atoms with Gasteiger partial charge in [-0.3, -0.25) is 9.59 Å². The lowest BCUT2D eigenvalue weighted by Gasteiger charge is -2.18. The standard InChI is InChI=1S/C63H112O5/c1-4-7-10-13-16-19-22-25-28-31-32-34-36-39-42-45-48-51-54-57-63(65)68-60-61(66-58-55-52-49-46-43-40-37-30-27-24-21-18-15-12-9-6-3)59-67-62(64)56-53-50-47-44-41-38-35-33-29-26-23-20-17-14-11-8-5-2/h16-17,19-20,25-26,28-29,35,38,44,47,61H,4-15,18,21-24,27,30-34,36-37,39-43,45-46,48-60H2,1-3H3/b19-16-,20-17-,28-25-,29-26-,38-35-,47-44-/t61-/m0/s1. The minimum atomic E-state index is -0.425. The second kappa shape index (κ2) is 58.7. The first kappa shape index (κ1) is 65.3. The predicted octanol–water partition coefficient (Wildman–Crippen LogP) is 20.2. The molecule has 0 aliphatic rings. The van der Waals surface area contributed by atoms with Crippen LogP contribution >= 0.6 is 0 Å². The number of hydrogen-bond acceptors (Lipinski definition) is 5. The highest BCUT2D eigenvalue weighted by Crippen LogP contribution is 2.16. The largest absolute Gasteiger partial charge is 0.463 e. The lowest BCUT2D eigenvalue weighted by atomic mass is 10.0. The Morgan fingerprint density at radius 2 is 0.574 bits per heavy atom. The number of rotatable bonds is 54. The van der Waals surface area contributed by atoms with Gasteiger partial charge in [0.1, 0.15) is 19.3 Å². The fraction of sp³-hybridized carbons (Fsp3) is 0.778. The van der Waals surface area contributed by atoms with Gasteiger partial charge < -0.3 is 14.2 Å². The van der Waals surface area contributed by atoms with Crippen LogP contribution in [-0.2, 0) is 23.8 Å². The molecule has 394 valence electrons. The van der Waals surface area contributed by atoms with Gasteiger partial charge in [0, 0.05) is 19.4 Å². The molecule has 0 aromatic heterocycles. The Hall–Kier alpha value is -2.66. The second-order valence-corrected chi connectivity index (χ2v) is 19.5. The van der Waals surface area contributed by atoms with Gasteiger partial charge in [0.25, 0.3) is 0 Å². The van der Waals surface area contributed by atoms with E-state index < -0.39 is 6.10 Å². The van der Waals surface area contributed by atoms with Crippen molar-refractivity contribution in [2.75, 3.05) is 19.8 Å². The highest BCUT2D eigenvalue weighted by atomic mass is 16.6. The molecule has 0 bridgehead atoms. The van der Waals surface area contributed by atoms with E-state index in [0.29, 0.717) is 19.4 Å². The van der Waals surface area contributed by atoms with E-state index in [2.05, 4.69) is 93.7 Å². The van der Waals surface area contributed by atoms with Crippen LogP contribution < -0.4 is 0 Å². The normalized spacial score (nSPS) is 12.7. The predicted molar refractivity (Wildman–Crippen MR) is 297 cm³/mol. The number of allylic oxidation sites excluding steroid dienone is 12. The lowest BCUT2D eigenvalue weighted by molar-refractivity contribution is -0.155. The zero-order chi connectivity index (χ0) is 49.2. The van der Waals surface area contributed by atoms with Crippen LogP contribution in [0.1, 0.15) is 290 Å². The average Bonchev–Trinajstić information content (AvgIpc) is 3.34. The Balaban J connectivity index is 4.33. The van der Waals surface area contributed by atoms with Gasteiger partial charge in [0.2, 0.25) is 0 Å². The summed E-state index contributed by atoms with van der Waals surface area (Å²) in [7, 11) is 0. The number of carbonyl (C=O) groups excluding carboxylic acids is 2. The highest BCUT2D eigenvalue weighted by Gasteiger charge is 2.16. The van der Waals surface area contributed by atoms with Gasteiger partial charge in [-0.25, -0.2) is 0 Å². The number of ether oxygens (including phenoxy) is 3. The summed E-state index contributed by atoms with van der Waals surface area (Å²) >= 11 is 0. The fourth-order valence-corrected chi connectivity index (χ4v) is 8.27. The molecule has 0 saturated heterocycles. The van der Waals surface area contributed by atoms with Crippen LogP contribution in [0.4, 0.5) is 0 Å². The molecule has 0 amide bonds. The molecule has 5 nitrogen and oxygen atoms in total. The zero-order valence-corrected chi connectivity index (χ0v) is 45.4. The minimum absolute atomic E-state index is 0.128. The van der Waals surface area contributed by atoms with Crippen molar-refractivity contribution in [3.63, 3.8) is 0 Å². The Bertz CT molecular complexity index is 1210. The maximum absolute atomic E-state index is 12.7. The summed E-state index contributed by atoms with van der Waals surface area (Å²) in [6, 6.07) is 0. The molecule has 0 spiro atoms. The van der Waals surface area contributed by atoms with E-state index in [1.807, 2.05) is 0 Å².